The Labute approximate surface area is 244 Å². The van der Waals surface area contributed by atoms with Gasteiger partial charge in [0, 0.05) is 44.0 Å². The van der Waals surface area contributed by atoms with Gasteiger partial charge in [0.2, 0.25) is 11.8 Å². The lowest BCUT2D eigenvalue weighted by Gasteiger charge is -2.23. The average Bonchev–Trinajstić information content (AvgIpc) is 3.58. The fraction of sp³-hybridized carbons (Fsp3) is 0.500. The van der Waals surface area contributed by atoms with Crippen LogP contribution in [0.1, 0.15) is 46.7 Å². The van der Waals surface area contributed by atoms with Gasteiger partial charge in [-0.15, -0.1) is 5.10 Å². The SMILES string of the molecule is CSCC[C@@H]1NC(=O)c2cc(ccc2C)OCCCn2cc(nn2)CN(C(=O)Cn2ccnc2C)CCCNC1=O. The molecule has 3 amide bonds. The number of ether oxygens (including phenoxy) is 1. The largest absolute Gasteiger partial charge is 0.494 e. The van der Waals surface area contributed by atoms with E-state index in [9.17, 15) is 14.4 Å². The molecule has 1 aliphatic rings. The molecule has 2 aromatic heterocycles. The number of carbonyl (C=O) groups is 3. The highest BCUT2D eigenvalue weighted by Gasteiger charge is 2.23. The number of hydrogen-bond acceptors (Lipinski definition) is 8. The zero-order valence-corrected chi connectivity index (χ0v) is 24.7. The highest BCUT2D eigenvalue weighted by atomic mass is 32.2. The second-order valence-corrected chi connectivity index (χ2v) is 11.0. The second-order valence-electron chi connectivity index (χ2n) is 10.0. The summed E-state index contributed by atoms with van der Waals surface area (Å²) >= 11 is 1.61. The van der Waals surface area contributed by atoms with E-state index in [1.165, 1.54) is 0 Å². The van der Waals surface area contributed by atoms with Crippen molar-refractivity contribution in [2.24, 2.45) is 0 Å². The van der Waals surface area contributed by atoms with E-state index in [1.807, 2.05) is 38.4 Å². The standard InChI is InChI=1S/C28H38N8O4S/c1-20-6-7-23-16-24(20)27(38)31-25(8-15-41-3)28(39)30-9-4-11-35(26(37)19-34-13-10-29-21(34)2)17-22-18-36(33-32-22)12-5-14-40-23/h6-7,10,13,16,18,25H,4-5,8-9,11-12,14-15,17,19H2,1-3H3,(H,30,39)(H,31,38)/t25-/m0/s1. The number of hydrogen-bond donors (Lipinski definition) is 2. The number of aromatic nitrogens is 5. The van der Waals surface area contributed by atoms with Crippen LogP contribution in [0.5, 0.6) is 5.75 Å². The van der Waals surface area contributed by atoms with Gasteiger partial charge in [-0.1, -0.05) is 11.3 Å². The summed E-state index contributed by atoms with van der Waals surface area (Å²) in [6, 6.07) is 4.72. The third-order valence-corrected chi connectivity index (χ3v) is 7.56. The Morgan fingerprint density at radius 2 is 2.05 bits per heavy atom. The van der Waals surface area contributed by atoms with Gasteiger partial charge < -0.3 is 24.8 Å². The first-order valence-electron chi connectivity index (χ1n) is 13.8. The van der Waals surface area contributed by atoms with Gasteiger partial charge in [-0.2, -0.15) is 11.8 Å². The minimum atomic E-state index is -0.679. The van der Waals surface area contributed by atoms with Crippen molar-refractivity contribution >= 4 is 29.5 Å². The summed E-state index contributed by atoms with van der Waals surface area (Å²) in [6.45, 7) is 5.96. The van der Waals surface area contributed by atoms with E-state index in [4.69, 9.17) is 4.74 Å². The van der Waals surface area contributed by atoms with Crippen LogP contribution in [-0.4, -0.2) is 84.9 Å². The zero-order valence-electron chi connectivity index (χ0n) is 23.8. The molecule has 1 atom stereocenters. The molecule has 1 aromatic carbocycles. The first kappa shape index (κ1) is 30.1. The number of fused-ring (bicyclic) bond motifs is 4. The predicted molar refractivity (Wildman–Crippen MR) is 156 cm³/mol. The van der Waals surface area contributed by atoms with Crippen LogP contribution >= 0.6 is 11.8 Å². The normalized spacial score (nSPS) is 17.3. The summed E-state index contributed by atoms with van der Waals surface area (Å²) in [7, 11) is 0. The topological polar surface area (TPSA) is 136 Å². The minimum absolute atomic E-state index is 0.0795. The number of amides is 3. The summed E-state index contributed by atoms with van der Waals surface area (Å²) in [4.78, 5) is 45.5. The van der Waals surface area contributed by atoms with Crippen molar-refractivity contribution in [1.82, 2.24) is 40.1 Å². The lowest BCUT2D eigenvalue weighted by Crippen LogP contribution is -2.47. The van der Waals surface area contributed by atoms with Gasteiger partial charge in [0.05, 0.1) is 19.3 Å². The maximum atomic E-state index is 13.3. The quantitative estimate of drug-likeness (QED) is 0.466. The number of aryl methyl sites for hydroxylation is 3. The van der Waals surface area contributed by atoms with Gasteiger partial charge in [0.1, 0.15) is 29.9 Å². The molecule has 0 unspecified atom stereocenters. The summed E-state index contributed by atoms with van der Waals surface area (Å²) in [5, 5.41) is 14.4. The summed E-state index contributed by atoms with van der Waals surface area (Å²) < 4.78 is 9.46. The van der Waals surface area contributed by atoms with Crippen LogP contribution in [0.3, 0.4) is 0 Å². The third-order valence-electron chi connectivity index (χ3n) is 6.91. The van der Waals surface area contributed by atoms with Crippen molar-refractivity contribution in [3.05, 3.63) is 59.4 Å². The number of rotatable bonds is 5. The van der Waals surface area contributed by atoms with Gasteiger partial charge in [0.25, 0.3) is 5.91 Å². The number of nitrogens with zero attached hydrogens (tertiary/aromatic N) is 6. The van der Waals surface area contributed by atoms with Crippen LogP contribution in [0.15, 0.2) is 36.8 Å². The molecule has 0 fully saturated rings. The molecule has 41 heavy (non-hydrogen) atoms. The van der Waals surface area contributed by atoms with Crippen LogP contribution in [0.4, 0.5) is 0 Å². The monoisotopic (exact) mass is 582 g/mol. The molecule has 4 rings (SSSR count). The Hall–Kier alpha value is -3.87. The molecular weight excluding hydrogens is 544 g/mol. The number of nitrogens with one attached hydrogen (secondary N) is 2. The van der Waals surface area contributed by atoms with Gasteiger partial charge >= 0.3 is 0 Å². The van der Waals surface area contributed by atoms with Gasteiger partial charge in [-0.3, -0.25) is 19.1 Å². The highest BCUT2D eigenvalue weighted by molar-refractivity contribution is 7.98. The molecule has 220 valence electrons. The maximum absolute atomic E-state index is 13.3. The van der Waals surface area contributed by atoms with E-state index < -0.39 is 6.04 Å². The second kappa shape index (κ2) is 14.7. The Morgan fingerprint density at radius 1 is 1.20 bits per heavy atom. The first-order valence-corrected chi connectivity index (χ1v) is 15.2. The number of carbonyl (C=O) groups excluding carboxylic acids is 3. The molecule has 12 nitrogen and oxygen atoms in total. The Morgan fingerprint density at radius 3 is 2.83 bits per heavy atom. The fourth-order valence-electron chi connectivity index (χ4n) is 4.52. The third kappa shape index (κ3) is 8.56. The molecule has 2 N–H and O–H groups in total. The van der Waals surface area contributed by atoms with Crippen LogP contribution in [0.2, 0.25) is 0 Å². The van der Waals surface area contributed by atoms with E-state index in [0.29, 0.717) is 69.1 Å². The predicted octanol–water partition coefficient (Wildman–Crippen LogP) is 1.96. The van der Waals surface area contributed by atoms with Gasteiger partial charge in [0.15, 0.2) is 0 Å². The zero-order chi connectivity index (χ0) is 29.2. The number of benzene rings is 1. The van der Waals surface area contributed by atoms with Crippen LogP contribution in [-0.2, 0) is 29.2 Å². The molecule has 0 radical (unpaired) electrons. The molecular formula is C28H38N8O4S. The van der Waals surface area contributed by atoms with Crippen LogP contribution < -0.4 is 15.4 Å². The average molecular weight is 583 g/mol. The molecule has 13 heteroatoms. The van der Waals surface area contributed by atoms with Crippen molar-refractivity contribution in [3.8, 4) is 5.75 Å². The first-order chi connectivity index (χ1) is 19.8. The molecule has 0 aliphatic carbocycles. The van der Waals surface area contributed by atoms with Crippen molar-refractivity contribution in [2.45, 2.75) is 58.8 Å². The van der Waals surface area contributed by atoms with E-state index in [2.05, 4.69) is 25.9 Å². The van der Waals surface area contributed by atoms with Crippen molar-refractivity contribution in [3.63, 3.8) is 0 Å². The lowest BCUT2D eigenvalue weighted by atomic mass is 10.1. The molecule has 3 heterocycles. The number of thioether (sulfide) groups is 1. The fourth-order valence-corrected chi connectivity index (χ4v) is 4.99. The van der Waals surface area contributed by atoms with E-state index in [-0.39, 0.29) is 24.3 Å². The Kier molecular flexibility index (Phi) is 10.8. The van der Waals surface area contributed by atoms with Crippen molar-refractivity contribution in [2.75, 3.05) is 31.7 Å². The highest BCUT2D eigenvalue weighted by Crippen LogP contribution is 2.18. The van der Waals surface area contributed by atoms with E-state index in [1.54, 1.807) is 44.4 Å². The summed E-state index contributed by atoms with van der Waals surface area (Å²) in [5.74, 6) is 1.42. The van der Waals surface area contributed by atoms with E-state index in [0.717, 1.165) is 17.1 Å². The Bertz CT molecular complexity index is 1340. The maximum Gasteiger partial charge on any atom is 0.252 e. The van der Waals surface area contributed by atoms with Crippen LogP contribution in [0.25, 0.3) is 0 Å². The molecule has 3 aromatic rings. The van der Waals surface area contributed by atoms with Crippen molar-refractivity contribution < 1.29 is 19.1 Å². The van der Waals surface area contributed by atoms with Gasteiger partial charge in [-0.05, 0) is 56.4 Å². The smallest absolute Gasteiger partial charge is 0.252 e. The molecule has 4 bridgehead atoms. The minimum Gasteiger partial charge on any atom is -0.494 e. The Balaban J connectivity index is 1.52. The molecule has 0 saturated carbocycles. The lowest BCUT2D eigenvalue weighted by molar-refractivity contribution is -0.132. The van der Waals surface area contributed by atoms with E-state index >= 15 is 0 Å². The van der Waals surface area contributed by atoms with Crippen molar-refractivity contribution in [1.29, 1.82) is 0 Å². The summed E-state index contributed by atoms with van der Waals surface area (Å²) in [5.41, 5.74) is 1.96. The molecule has 0 spiro atoms. The van der Waals surface area contributed by atoms with Gasteiger partial charge in [-0.25, -0.2) is 4.98 Å². The number of imidazole rings is 1. The summed E-state index contributed by atoms with van der Waals surface area (Å²) in [6.07, 6.45) is 8.96. The van der Waals surface area contributed by atoms with Crippen LogP contribution in [0, 0.1) is 13.8 Å². The molecule has 0 saturated heterocycles. The molecule has 1 aliphatic heterocycles.